The van der Waals surface area contributed by atoms with Crippen molar-refractivity contribution in [3.05, 3.63) is 105 Å². The number of hydrogen-bond donors (Lipinski definition) is 6. The molecule has 12 nitrogen and oxygen atoms in total. The quantitative estimate of drug-likeness (QED) is 0.0742. The van der Waals surface area contributed by atoms with E-state index in [1.807, 2.05) is 99.1 Å². The standard InChI is InChI=1S/C40H52N6O6S2/c1-25(2)35(45-31(47)15-17-33-41-19-21-53-33)39(51)43-29(23-27-11-7-5-8-12-27)37(49)38(50)30(24-28-13-9-6-10-14-28)44-40(52)36(26(3)4)46-32(48)16-18-34-42-20-22-54-34/h5-14,19-22,25-26,29-30,35-38,49-50H,15-18,23-24H2,1-4H3,(H,43,51)(H,44,52)(H,45,47)(H,46,48)/t29-,30-,35-,36-,37+,38+/m0/s1. The van der Waals surface area contributed by atoms with Crippen LogP contribution in [0.1, 0.15) is 61.7 Å². The SMILES string of the molecule is CC(C)[C@H](NC(=O)CCc1nccs1)C(=O)N[C@@H](Cc1ccccc1)[C@@H](O)[C@H](O)[C@H](Cc1ccccc1)NC(=O)[C@@H](NC(=O)CCc1nccs1)C(C)C. The molecular weight excluding hydrogens is 725 g/mol. The number of aliphatic hydroxyl groups excluding tert-OH is 2. The molecule has 54 heavy (non-hydrogen) atoms. The van der Waals surface area contributed by atoms with E-state index in [0.29, 0.717) is 12.8 Å². The number of aromatic nitrogens is 2. The average molecular weight is 777 g/mol. The summed E-state index contributed by atoms with van der Waals surface area (Å²) in [5.41, 5.74) is 1.60. The van der Waals surface area contributed by atoms with Crippen molar-refractivity contribution < 1.29 is 29.4 Å². The van der Waals surface area contributed by atoms with Crippen molar-refractivity contribution in [2.45, 2.75) is 103 Å². The van der Waals surface area contributed by atoms with Crippen LogP contribution in [0.3, 0.4) is 0 Å². The van der Waals surface area contributed by atoms with Crippen LogP contribution in [0.4, 0.5) is 0 Å². The lowest BCUT2D eigenvalue weighted by molar-refractivity contribution is -0.133. The third-order valence-corrected chi connectivity index (χ3v) is 10.7. The van der Waals surface area contributed by atoms with E-state index in [4.69, 9.17) is 0 Å². The van der Waals surface area contributed by atoms with Crippen molar-refractivity contribution in [2.75, 3.05) is 0 Å². The number of aliphatic hydroxyl groups is 2. The summed E-state index contributed by atoms with van der Waals surface area (Å²) in [5.74, 6) is -2.21. The van der Waals surface area contributed by atoms with Gasteiger partial charge in [0.15, 0.2) is 0 Å². The monoisotopic (exact) mass is 776 g/mol. The Kier molecular flexibility index (Phi) is 16.7. The number of benzene rings is 2. The van der Waals surface area contributed by atoms with Gasteiger partial charge in [-0.25, -0.2) is 9.97 Å². The zero-order chi connectivity index (χ0) is 39.0. The molecule has 6 N–H and O–H groups in total. The lowest BCUT2D eigenvalue weighted by Crippen LogP contribution is -2.61. The number of hydrogen-bond acceptors (Lipinski definition) is 10. The van der Waals surface area contributed by atoms with Crippen LogP contribution in [0.5, 0.6) is 0 Å². The molecule has 0 spiro atoms. The summed E-state index contributed by atoms with van der Waals surface area (Å²) in [7, 11) is 0. The van der Waals surface area contributed by atoms with Gasteiger partial charge in [-0.3, -0.25) is 19.2 Å². The van der Waals surface area contributed by atoms with E-state index < -0.39 is 48.2 Å². The van der Waals surface area contributed by atoms with Crippen molar-refractivity contribution in [1.29, 1.82) is 0 Å². The van der Waals surface area contributed by atoms with E-state index in [1.165, 1.54) is 22.7 Å². The molecule has 14 heteroatoms. The summed E-state index contributed by atoms with van der Waals surface area (Å²) in [6.07, 6.45) is 1.76. The second-order valence-electron chi connectivity index (χ2n) is 14.0. The minimum absolute atomic E-state index is 0.156. The first-order valence-electron chi connectivity index (χ1n) is 18.3. The summed E-state index contributed by atoms with van der Waals surface area (Å²) in [6.45, 7) is 7.27. The van der Waals surface area contributed by atoms with Gasteiger partial charge in [-0.1, -0.05) is 88.4 Å². The minimum Gasteiger partial charge on any atom is -0.388 e. The molecule has 0 saturated heterocycles. The van der Waals surface area contributed by atoms with Gasteiger partial charge in [0.1, 0.15) is 24.3 Å². The molecule has 0 fully saturated rings. The molecule has 4 rings (SSSR count). The number of aryl methyl sites for hydroxylation is 2. The molecule has 4 amide bonds. The number of amides is 4. The maximum atomic E-state index is 13.9. The predicted octanol–water partition coefficient (Wildman–Crippen LogP) is 3.62. The fourth-order valence-corrected chi connectivity index (χ4v) is 7.27. The zero-order valence-corrected chi connectivity index (χ0v) is 32.8. The van der Waals surface area contributed by atoms with E-state index in [1.54, 1.807) is 12.4 Å². The lowest BCUT2D eigenvalue weighted by Gasteiger charge is -2.35. The van der Waals surface area contributed by atoms with Crippen molar-refractivity contribution >= 4 is 46.3 Å². The second kappa shape index (κ2) is 21.4. The molecule has 2 aromatic carbocycles. The first-order valence-corrected chi connectivity index (χ1v) is 20.1. The molecule has 2 heterocycles. The van der Waals surface area contributed by atoms with Crippen molar-refractivity contribution in [3.8, 4) is 0 Å². The van der Waals surface area contributed by atoms with Crippen LogP contribution in [0.25, 0.3) is 0 Å². The van der Waals surface area contributed by atoms with Gasteiger partial charge in [-0.05, 0) is 35.8 Å². The van der Waals surface area contributed by atoms with Crippen LogP contribution in [0, 0.1) is 11.8 Å². The van der Waals surface area contributed by atoms with Gasteiger partial charge in [0, 0.05) is 48.8 Å². The highest BCUT2D eigenvalue weighted by molar-refractivity contribution is 7.09. The molecule has 290 valence electrons. The number of carbonyl (C=O) groups is 4. The number of nitrogens with zero attached hydrogens (tertiary/aromatic N) is 2. The Balaban J connectivity index is 1.53. The third kappa shape index (κ3) is 13.4. The summed E-state index contributed by atoms with van der Waals surface area (Å²) in [6, 6.07) is 14.6. The molecule has 6 atom stereocenters. The maximum Gasteiger partial charge on any atom is 0.243 e. The topological polar surface area (TPSA) is 183 Å². The lowest BCUT2D eigenvalue weighted by atomic mass is 9.90. The molecule has 0 saturated carbocycles. The average Bonchev–Trinajstić information content (AvgIpc) is 3.89. The van der Waals surface area contributed by atoms with E-state index >= 15 is 0 Å². The van der Waals surface area contributed by atoms with Gasteiger partial charge in [0.2, 0.25) is 23.6 Å². The smallest absolute Gasteiger partial charge is 0.243 e. The number of carbonyl (C=O) groups excluding carboxylic acids is 4. The van der Waals surface area contributed by atoms with Crippen LogP contribution in [0.15, 0.2) is 83.8 Å². The molecular formula is C40H52N6O6S2. The van der Waals surface area contributed by atoms with Crippen molar-refractivity contribution in [3.63, 3.8) is 0 Å². The van der Waals surface area contributed by atoms with Crippen molar-refractivity contribution in [1.82, 2.24) is 31.2 Å². The van der Waals surface area contributed by atoms with E-state index in [0.717, 1.165) is 21.1 Å². The Bertz CT molecular complexity index is 1600. The molecule has 0 unspecified atom stereocenters. The summed E-state index contributed by atoms with van der Waals surface area (Å²) >= 11 is 2.91. The molecule has 0 aliphatic carbocycles. The summed E-state index contributed by atoms with van der Waals surface area (Å²) < 4.78 is 0. The second-order valence-corrected chi connectivity index (χ2v) is 16.0. The maximum absolute atomic E-state index is 13.9. The van der Waals surface area contributed by atoms with Crippen LogP contribution in [-0.4, -0.2) is 80.2 Å². The van der Waals surface area contributed by atoms with Gasteiger partial charge < -0.3 is 31.5 Å². The largest absolute Gasteiger partial charge is 0.388 e. The van der Waals surface area contributed by atoms with E-state index in [-0.39, 0.29) is 49.3 Å². The van der Waals surface area contributed by atoms with Crippen LogP contribution < -0.4 is 21.3 Å². The first kappa shape index (κ1) is 42.2. The fraction of sp³-hybridized carbons (Fsp3) is 0.450. The molecule has 4 aromatic rings. The molecule has 0 bridgehead atoms. The Morgan fingerprint density at radius 1 is 0.593 bits per heavy atom. The van der Waals surface area contributed by atoms with Crippen LogP contribution in [-0.2, 0) is 44.9 Å². The predicted molar refractivity (Wildman–Crippen MR) is 211 cm³/mol. The number of rotatable bonds is 21. The van der Waals surface area contributed by atoms with E-state index in [2.05, 4.69) is 31.2 Å². The van der Waals surface area contributed by atoms with Crippen LogP contribution in [0.2, 0.25) is 0 Å². The number of thiazole rings is 2. The van der Waals surface area contributed by atoms with Gasteiger partial charge >= 0.3 is 0 Å². The van der Waals surface area contributed by atoms with E-state index in [9.17, 15) is 29.4 Å². The highest BCUT2D eigenvalue weighted by Gasteiger charge is 2.37. The van der Waals surface area contributed by atoms with Gasteiger partial charge in [0.05, 0.1) is 22.1 Å². The third-order valence-electron chi connectivity index (χ3n) is 9.06. The highest BCUT2D eigenvalue weighted by Crippen LogP contribution is 2.17. The first-order chi connectivity index (χ1) is 25.9. The van der Waals surface area contributed by atoms with Crippen molar-refractivity contribution in [2.24, 2.45) is 11.8 Å². The summed E-state index contributed by atoms with van der Waals surface area (Å²) in [5, 5.41) is 40.7. The Morgan fingerprint density at radius 3 is 1.28 bits per heavy atom. The number of nitrogens with one attached hydrogen (secondary N) is 4. The fourth-order valence-electron chi connectivity index (χ4n) is 6.03. The van der Waals surface area contributed by atoms with Gasteiger partial charge in [-0.15, -0.1) is 22.7 Å². The molecule has 0 aliphatic heterocycles. The minimum atomic E-state index is -1.55. The Morgan fingerprint density at radius 2 is 0.963 bits per heavy atom. The van der Waals surface area contributed by atoms with Gasteiger partial charge in [-0.2, -0.15) is 0 Å². The Labute approximate surface area is 325 Å². The zero-order valence-electron chi connectivity index (χ0n) is 31.2. The Hall–Kier alpha value is -4.50. The normalized spacial score (nSPS) is 14.7. The molecule has 2 aromatic heterocycles. The van der Waals surface area contributed by atoms with Gasteiger partial charge in [0.25, 0.3) is 0 Å². The summed E-state index contributed by atoms with van der Waals surface area (Å²) in [4.78, 5) is 62.0. The molecule has 0 radical (unpaired) electrons. The highest BCUT2D eigenvalue weighted by atomic mass is 32.1. The molecule has 0 aliphatic rings. The van der Waals surface area contributed by atoms with Crippen LogP contribution >= 0.6 is 22.7 Å².